The molecule has 1 saturated heterocycles. The number of halogens is 1. The predicted octanol–water partition coefficient (Wildman–Crippen LogP) is 5.01. The Balaban J connectivity index is 0.00000304. The molecule has 0 aliphatic carbocycles. The standard InChI is InChI=1S/C27H29N3O4S.ClH/c1-32-22-9-10-24-25(18-22)35-27(28-24)30(12-4-11-29-13-15-33-16-14-29)26(31)19-34-23-8-7-20-5-2-3-6-21(20)17-23;/h2-3,5-10,17-18H,4,11-16,19H2,1H3;1H. The van der Waals surface area contributed by atoms with Crippen molar-refractivity contribution in [3.8, 4) is 11.5 Å². The van der Waals surface area contributed by atoms with E-state index in [9.17, 15) is 4.79 Å². The van der Waals surface area contributed by atoms with Crippen LogP contribution in [-0.2, 0) is 9.53 Å². The molecule has 7 nitrogen and oxygen atoms in total. The maximum absolute atomic E-state index is 13.4. The summed E-state index contributed by atoms with van der Waals surface area (Å²) in [6.07, 6.45) is 0.848. The molecule has 0 spiro atoms. The monoisotopic (exact) mass is 527 g/mol. The van der Waals surface area contributed by atoms with Gasteiger partial charge in [-0.15, -0.1) is 12.4 Å². The summed E-state index contributed by atoms with van der Waals surface area (Å²) in [5.74, 6) is 1.35. The fraction of sp³-hybridized carbons (Fsp3) is 0.333. The average molecular weight is 528 g/mol. The van der Waals surface area contributed by atoms with Crippen molar-refractivity contribution in [1.29, 1.82) is 0 Å². The van der Waals surface area contributed by atoms with Crippen LogP contribution in [0.4, 0.5) is 5.13 Å². The number of benzene rings is 3. The van der Waals surface area contributed by atoms with Crippen molar-refractivity contribution >= 4 is 55.8 Å². The Hall–Kier alpha value is -2.91. The van der Waals surface area contributed by atoms with Crippen LogP contribution in [0.25, 0.3) is 21.0 Å². The van der Waals surface area contributed by atoms with Gasteiger partial charge in [0.25, 0.3) is 5.91 Å². The Kier molecular flexibility index (Phi) is 8.98. The highest BCUT2D eigenvalue weighted by Crippen LogP contribution is 2.32. The zero-order valence-electron chi connectivity index (χ0n) is 20.2. The van der Waals surface area contributed by atoms with E-state index in [2.05, 4.69) is 11.0 Å². The van der Waals surface area contributed by atoms with E-state index in [4.69, 9.17) is 19.2 Å². The molecular formula is C27H30ClN3O4S. The number of fused-ring (bicyclic) bond motifs is 2. The van der Waals surface area contributed by atoms with Crippen molar-refractivity contribution in [3.63, 3.8) is 0 Å². The molecule has 3 aromatic carbocycles. The molecule has 0 saturated carbocycles. The molecule has 0 atom stereocenters. The lowest BCUT2D eigenvalue weighted by Crippen LogP contribution is -2.40. The first-order chi connectivity index (χ1) is 17.2. The van der Waals surface area contributed by atoms with Gasteiger partial charge >= 0.3 is 0 Å². The van der Waals surface area contributed by atoms with Crippen molar-refractivity contribution in [1.82, 2.24) is 9.88 Å². The summed E-state index contributed by atoms with van der Waals surface area (Å²) in [4.78, 5) is 22.3. The third kappa shape index (κ3) is 6.25. The summed E-state index contributed by atoms with van der Waals surface area (Å²) in [6, 6.07) is 19.8. The van der Waals surface area contributed by atoms with Gasteiger partial charge in [0.1, 0.15) is 11.5 Å². The number of rotatable bonds is 9. The molecule has 1 fully saturated rings. The number of hydrogen-bond acceptors (Lipinski definition) is 7. The van der Waals surface area contributed by atoms with Crippen molar-refractivity contribution < 1.29 is 19.0 Å². The Morgan fingerprint density at radius 2 is 1.83 bits per heavy atom. The summed E-state index contributed by atoms with van der Waals surface area (Å²) in [5, 5.41) is 2.91. The number of thiazole rings is 1. The molecule has 0 radical (unpaired) electrons. The number of morpholine rings is 1. The third-order valence-corrected chi connectivity index (χ3v) is 7.20. The number of amides is 1. The molecule has 1 aliphatic rings. The normalized spacial score (nSPS) is 13.9. The van der Waals surface area contributed by atoms with Gasteiger partial charge in [0.2, 0.25) is 0 Å². The first kappa shape index (κ1) is 26.2. The van der Waals surface area contributed by atoms with Crippen LogP contribution in [0.2, 0.25) is 0 Å². The molecule has 1 aromatic heterocycles. The Morgan fingerprint density at radius 3 is 2.64 bits per heavy atom. The van der Waals surface area contributed by atoms with Gasteiger partial charge in [-0.25, -0.2) is 4.98 Å². The number of aromatic nitrogens is 1. The fourth-order valence-corrected chi connectivity index (χ4v) is 5.26. The number of hydrogen-bond donors (Lipinski definition) is 0. The number of ether oxygens (including phenoxy) is 3. The summed E-state index contributed by atoms with van der Waals surface area (Å²) in [6.45, 7) is 4.84. The molecule has 190 valence electrons. The second kappa shape index (κ2) is 12.4. The Bertz CT molecular complexity index is 1310. The predicted molar refractivity (Wildman–Crippen MR) is 147 cm³/mol. The smallest absolute Gasteiger partial charge is 0.266 e. The number of carbonyl (C=O) groups excluding carboxylic acids is 1. The first-order valence-corrected chi connectivity index (χ1v) is 12.7. The topological polar surface area (TPSA) is 64.1 Å². The quantitative estimate of drug-likeness (QED) is 0.305. The average Bonchev–Trinajstić information content (AvgIpc) is 3.33. The van der Waals surface area contributed by atoms with Crippen LogP contribution in [0, 0.1) is 0 Å². The minimum atomic E-state index is -0.105. The maximum atomic E-state index is 13.4. The van der Waals surface area contributed by atoms with Gasteiger partial charge in [0, 0.05) is 26.2 Å². The number of nitrogens with zero attached hydrogens (tertiary/aromatic N) is 3. The van der Waals surface area contributed by atoms with Crippen molar-refractivity contribution in [2.45, 2.75) is 6.42 Å². The Morgan fingerprint density at radius 1 is 1.06 bits per heavy atom. The fourth-order valence-electron chi connectivity index (χ4n) is 4.22. The molecule has 2 heterocycles. The summed E-state index contributed by atoms with van der Waals surface area (Å²) in [5.41, 5.74) is 0.854. The van der Waals surface area contributed by atoms with Crippen LogP contribution < -0.4 is 14.4 Å². The first-order valence-electron chi connectivity index (χ1n) is 11.9. The van der Waals surface area contributed by atoms with Crippen LogP contribution in [0.1, 0.15) is 6.42 Å². The van der Waals surface area contributed by atoms with Gasteiger partial charge in [0.05, 0.1) is 30.5 Å². The van der Waals surface area contributed by atoms with E-state index in [-0.39, 0.29) is 24.9 Å². The van der Waals surface area contributed by atoms with E-state index < -0.39 is 0 Å². The second-order valence-electron chi connectivity index (χ2n) is 8.48. The molecule has 36 heavy (non-hydrogen) atoms. The van der Waals surface area contributed by atoms with Gasteiger partial charge in [-0.3, -0.25) is 14.6 Å². The highest BCUT2D eigenvalue weighted by atomic mass is 35.5. The summed E-state index contributed by atoms with van der Waals surface area (Å²) >= 11 is 1.50. The lowest BCUT2D eigenvalue weighted by molar-refractivity contribution is -0.120. The molecule has 5 rings (SSSR count). The molecule has 1 amide bonds. The molecule has 0 bridgehead atoms. The minimum absolute atomic E-state index is 0. The molecule has 0 unspecified atom stereocenters. The highest BCUT2D eigenvalue weighted by molar-refractivity contribution is 7.22. The van der Waals surface area contributed by atoms with E-state index in [0.717, 1.165) is 66.0 Å². The largest absolute Gasteiger partial charge is 0.497 e. The lowest BCUT2D eigenvalue weighted by Gasteiger charge is -2.27. The lowest BCUT2D eigenvalue weighted by atomic mass is 10.1. The highest BCUT2D eigenvalue weighted by Gasteiger charge is 2.21. The van der Waals surface area contributed by atoms with Gasteiger partial charge < -0.3 is 14.2 Å². The van der Waals surface area contributed by atoms with Crippen LogP contribution in [0.15, 0.2) is 60.7 Å². The second-order valence-corrected chi connectivity index (χ2v) is 9.49. The third-order valence-electron chi connectivity index (χ3n) is 6.16. The molecule has 0 N–H and O–H groups in total. The van der Waals surface area contributed by atoms with Crippen molar-refractivity contribution in [2.75, 3.05) is 58.0 Å². The Labute approximate surface area is 221 Å². The number of carbonyl (C=O) groups is 1. The molecular weight excluding hydrogens is 498 g/mol. The van der Waals surface area contributed by atoms with E-state index >= 15 is 0 Å². The van der Waals surface area contributed by atoms with Crippen molar-refractivity contribution in [3.05, 3.63) is 60.7 Å². The van der Waals surface area contributed by atoms with Gasteiger partial charge in [-0.1, -0.05) is 41.7 Å². The van der Waals surface area contributed by atoms with E-state index in [1.54, 1.807) is 12.0 Å². The van der Waals surface area contributed by atoms with E-state index in [1.165, 1.54) is 11.3 Å². The van der Waals surface area contributed by atoms with Crippen LogP contribution >= 0.6 is 23.7 Å². The van der Waals surface area contributed by atoms with Crippen LogP contribution in [0.3, 0.4) is 0 Å². The van der Waals surface area contributed by atoms with E-state index in [0.29, 0.717) is 17.4 Å². The zero-order chi connectivity index (χ0) is 24.0. The minimum Gasteiger partial charge on any atom is -0.497 e. The van der Waals surface area contributed by atoms with Crippen LogP contribution in [0.5, 0.6) is 11.5 Å². The number of anilines is 1. The van der Waals surface area contributed by atoms with Gasteiger partial charge in [-0.05, 0) is 47.5 Å². The summed E-state index contributed by atoms with van der Waals surface area (Å²) < 4.78 is 17.7. The number of methoxy groups -OCH3 is 1. The maximum Gasteiger partial charge on any atom is 0.266 e. The molecule has 1 aliphatic heterocycles. The SMILES string of the molecule is COc1ccc2nc(N(CCCN3CCOCC3)C(=O)COc3ccc4ccccc4c3)sc2c1.Cl. The molecule has 4 aromatic rings. The van der Waals surface area contributed by atoms with Crippen molar-refractivity contribution in [2.24, 2.45) is 0 Å². The zero-order valence-corrected chi connectivity index (χ0v) is 21.9. The summed E-state index contributed by atoms with van der Waals surface area (Å²) in [7, 11) is 1.65. The molecule has 9 heteroatoms. The van der Waals surface area contributed by atoms with Crippen LogP contribution in [-0.4, -0.2) is 68.9 Å². The van der Waals surface area contributed by atoms with Gasteiger partial charge in [-0.2, -0.15) is 0 Å². The van der Waals surface area contributed by atoms with E-state index in [1.807, 2.05) is 54.6 Å². The van der Waals surface area contributed by atoms with Gasteiger partial charge in [0.15, 0.2) is 11.7 Å².